The Morgan fingerprint density at radius 2 is 1.65 bits per heavy atom. The molecule has 0 unspecified atom stereocenters. The molecule has 2 aromatic rings. The van der Waals surface area contributed by atoms with Gasteiger partial charge in [0.15, 0.2) is 0 Å². The van der Waals surface area contributed by atoms with Crippen LogP contribution in [0, 0.1) is 0 Å². The number of aryl methyl sites for hydroxylation is 1. The largest absolute Gasteiger partial charge is 0.100 e. The van der Waals surface area contributed by atoms with E-state index in [0.717, 1.165) is 19.3 Å². The van der Waals surface area contributed by atoms with Gasteiger partial charge in [-0.3, -0.25) is 0 Å². The van der Waals surface area contributed by atoms with Crippen LogP contribution in [0.2, 0.25) is 0 Å². The minimum Gasteiger partial charge on any atom is -0.100 e. The molecule has 0 N–H and O–H groups in total. The maximum atomic E-state index is 4.08. The molecule has 2 aromatic carbocycles. The van der Waals surface area contributed by atoms with Gasteiger partial charge in [0.25, 0.3) is 0 Å². The van der Waals surface area contributed by atoms with Gasteiger partial charge in [-0.1, -0.05) is 65.7 Å². The van der Waals surface area contributed by atoms with E-state index in [2.05, 4.69) is 68.1 Å². The van der Waals surface area contributed by atoms with Crippen molar-refractivity contribution in [3.05, 3.63) is 89.0 Å². The van der Waals surface area contributed by atoms with Crippen LogP contribution in [0.1, 0.15) is 49.3 Å². The van der Waals surface area contributed by atoms with Crippen LogP contribution in [0.4, 0.5) is 0 Å². The fraction of sp³-hybridized carbons (Fsp3) is 0.304. The van der Waals surface area contributed by atoms with Crippen LogP contribution >= 0.6 is 0 Å². The average Bonchev–Trinajstić information content (AvgIpc) is 2.91. The molecule has 23 heavy (non-hydrogen) atoms. The van der Waals surface area contributed by atoms with E-state index in [4.69, 9.17) is 0 Å². The summed E-state index contributed by atoms with van der Waals surface area (Å²) in [5.74, 6) is 0. The third kappa shape index (κ3) is 4.01. The molecule has 118 valence electrons. The van der Waals surface area contributed by atoms with E-state index >= 15 is 0 Å². The number of fused-ring (bicyclic) bond motifs is 1. The van der Waals surface area contributed by atoms with Crippen molar-refractivity contribution in [2.75, 3.05) is 0 Å². The van der Waals surface area contributed by atoms with Crippen molar-refractivity contribution in [2.45, 2.75) is 45.4 Å². The lowest BCUT2D eigenvalue weighted by molar-refractivity contribution is 0.797. The van der Waals surface area contributed by atoms with Crippen LogP contribution in [0.15, 0.2) is 72.3 Å². The molecule has 1 aliphatic rings. The van der Waals surface area contributed by atoms with Crippen LogP contribution < -0.4 is 0 Å². The molecule has 0 spiro atoms. The molecule has 0 saturated carbocycles. The summed E-state index contributed by atoms with van der Waals surface area (Å²) in [6.45, 7) is 6.21. The van der Waals surface area contributed by atoms with Gasteiger partial charge in [0.05, 0.1) is 0 Å². The predicted molar refractivity (Wildman–Crippen MR) is 100 cm³/mol. The standard InChI is InChI=1S/C23H26/c1-18(2)15-16-23-21(17-20-12-6-7-14-22(20)23)13-8-11-19-9-4-3-5-10-19/h3-7,9-10,12,14H,1,8,11,13,15-17H2,2H3. The monoisotopic (exact) mass is 302 g/mol. The SMILES string of the molecule is C=C(C)CCC1=C(CCCc2ccccc2)Cc2ccccc21. The van der Waals surface area contributed by atoms with Crippen LogP contribution in [-0.4, -0.2) is 0 Å². The Morgan fingerprint density at radius 3 is 2.43 bits per heavy atom. The topological polar surface area (TPSA) is 0 Å². The van der Waals surface area contributed by atoms with Gasteiger partial charge in [-0.25, -0.2) is 0 Å². The molecule has 0 radical (unpaired) electrons. The maximum absolute atomic E-state index is 4.08. The fourth-order valence-electron chi connectivity index (χ4n) is 3.54. The Balaban J connectivity index is 1.69. The number of allylic oxidation sites excluding steroid dienone is 3. The van der Waals surface area contributed by atoms with Gasteiger partial charge in [0.1, 0.15) is 0 Å². The first-order valence-corrected chi connectivity index (χ1v) is 8.71. The Kier molecular flexibility index (Phi) is 5.12. The quantitative estimate of drug-likeness (QED) is 0.521. The van der Waals surface area contributed by atoms with Gasteiger partial charge in [0.2, 0.25) is 0 Å². The van der Waals surface area contributed by atoms with Crippen molar-refractivity contribution in [3.8, 4) is 0 Å². The Hall–Kier alpha value is -2.08. The average molecular weight is 302 g/mol. The first kappa shape index (κ1) is 15.8. The second-order valence-corrected chi connectivity index (χ2v) is 6.71. The predicted octanol–water partition coefficient (Wildman–Crippen LogP) is 6.38. The minimum absolute atomic E-state index is 1.10. The van der Waals surface area contributed by atoms with Crippen molar-refractivity contribution in [1.29, 1.82) is 0 Å². The zero-order chi connectivity index (χ0) is 16.1. The van der Waals surface area contributed by atoms with Crippen LogP contribution in [0.5, 0.6) is 0 Å². The molecule has 0 atom stereocenters. The highest BCUT2D eigenvalue weighted by Gasteiger charge is 2.20. The minimum atomic E-state index is 1.10. The van der Waals surface area contributed by atoms with Crippen molar-refractivity contribution in [3.63, 3.8) is 0 Å². The molecule has 1 aliphatic carbocycles. The van der Waals surface area contributed by atoms with E-state index in [-0.39, 0.29) is 0 Å². The maximum Gasteiger partial charge on any atom is -0.00550 e. The number of benzene rings is 2. The van der Waals surface area contributed by atoms with E-state index < -0.39 is 0 Å². The summed E-state index contributed by atoms with van der Waals surface area (Å²) in [4.78, 5) is 0. The summed E-state index contributed by atoms with van der Waals surface area (Å²) in [5.41, 5.74) is 8.99. The van der Waals surface area contributed by atoms with Gasteiger partial charge in [-0.05, 0) is 67.7 Å². The van der Waals surface area contributed by atoms with Gasteiger partial charge >= 0.3 is 0 Å². The molecule has 0 fully saturated rings. The first-order valence-electron chi connectivity index (χ1n) is 8.71. The molecule has 0 heterocycles. The summed E-state index contributed by atoms with van der Waals surface area (Å²) in [7, 11) is 0. The van der Waals surface area contributed by atoms with E-state index in [1.165, 1.54) is 41.5 Å². The van der Waals surface area contributed by atoms with E-state index in [1.807, 2.05) is 0 Å². The number of hydrogen-bond donors (Lipinski definition) is 0. The number of hydrogen-bond acceptors (Lipinski definition) is 0. The molecule has 3 rings (SSSR count). The molecule has 0 aliphatic heterocycles. The second-order valence-electron chi connectivity index (χ2n) is 6.71. The van der Waals surface area contributed by atoms with Crippen molar-refractivity contribution < 1.29 is 0 Å². The highest BCUT2D eigenvalue weighted by molar-refractivity contribution is 5.76. The second kappa shape index (κ2) is 7.46. The van der Waals surface area contributed by atoms with E-state index in [1.54, 1.807) is 11.1 Å². The molecule has 0 aromatic heterocycles. The van der Waals surface area contributed by atoms with E-state index in [9.17, 15) is 0 Å². The van der Waals surface area contributed by atoms with Crippen molar-refractivity contribution in [2.24, 2.45) is 0 Å². The van der Waals surface area contributed by atoms with Crippen LogP contribution in [0.3, 0.4) is 0 Å². The molecule has 0 heteroatoms. The highest BCUT2D eigenvalue weighted by Crippen LogP contribution is 2.38. The molecule has 0 nitrogen and oxygen atoms in total. The molecular formula is C23H26. The Bertz CT molecular complexity index is 704. The van der Waals surface area contributed by atoms with Gasteiger partial charge in [0, 0.05) is 0 Å². The lowest BCUT2D eigenvalue weighted by Gasteiger charge is -2.09. The molecule has 0 bridgehead atoms. The fourth-order valence-corrected chi connectivity index (χ4v) is 3.54. The first-order chi connectivity index (χ1) is 11.2. The number of rotatable bonds is 7. The molecule has 0 saturated heterocycles. The summed E-state index contributed by atoms with van der Waals surface area (Å²) in [6, 6.07) is 19.8. The summed E-state index contributed by atoms with van der Waals surface area (Å²) < 4.78 is 0. The Labute approximate surface area is 140 Å². The third-order valence-corrected chi connectivity index (χ3v) is 4.76. The lowest BCUT2D eigenvalue weighted by atomic mass is 9.96. The zero-order valence-corrected chi connectivity index (χ0v) is 14.1. The summed E-state index contributed by atoms with van der Waals surface area (Å²) in [6.07, 6.45) is 7.03. The molecule has 0 amide bonds. The van der Waals surface area contributed by atoms with E-state index in [0.29, 0.717) is 0 Å². The van der Waals surface area contributed by atoms with Gasteiger partial charge < -0.3 is 0 Å². The lowest BCUT2D eigenvalue weighted by Crippen LogP contribution is -1.91. The highest BCUT2D eigenvalue weighted by atomic mass is 14.2. The molecular weight excluding hydrogens is 276 g/mol. The van der Waals surface area contributed by atoms with Crippen molar-refractivity contribution in [1.82, 2.24) is 0 Å². The van der Waals surface area contributed by atoms with Gasteiger partial charge in [-0.15, -0.1) is 6.58 Å². The zero-order valence-electron chi connectivity index (χ0n) is 14.1. The van der Waals surface area contributed by atoms with Crippen LogP contribution in [-0.2, 0) is 12.8 Å². The Morgan fingerprint density at radius 1 is 0.913 bits per heavy atom. The summed E-state index contributed by atoms with van der Waals surface area (Å²) >= 11 is 0. The van der Waals surface area contributed by atoms with Crippen LogP contribution in [0.25, 0.3) is 5.57 Å². The van der Waals surface area contributed by atoms with Crippen molar-refractivity contribution >= 4 is 5.57 Å². The van der Waals surface area contributed by atoms with Gasteiger partial charge in [-0.2, -0.15) is 0 Å². The normalized spacial score (nSPS) is 13.3. The third-order valence-electron chi connectivity index (χ3n) is 4.76. The smallest absolute Gasteiger partial charge is 0.00550 e. The summed E-state index contributed by atoms with van der Waals surface area (Å²) in [5, 5.41) is 0.